The van der Waals surface area contributed by atoms with Crippen molar-refractivity contribution >= 4 is 15.2 Å². The van der Waals surface area contributed by atoms with Gasteiger partial charge in [0.2, 0.25) is 0 Å². The van der Waals surface area contributed by atoms with Gasteiger partial charge in [0.1, 0.15) is 0 Å². The Labute approximate surface area is 124 Å². The summed E-state index contributed by atoms with van der Waals surface area (Å²) in [5, 5.41) is -3.69. The second-order valence-corrected chi connectivity index (χ2v) is 6.72. The molecule has 1 rings (SSSR count). The van der Waals surface area contributed by atoms with Crippen molar-refractivity contribution in [3.63, 3.8) is 0 Å². The van der Waals surface area contributed by atoms with E-state index in [1.807, 2.05) is 0 Å². The van der Waals surface area contributed by atoms with Gasteiger partial charge in [-0.3, -0.25) is 0 Å². The van der Waals surface area contributed by atoms with Gasteiger partial charge in [0.25, 0.3) is 0 Å². The van der Waals surface area contributed by atoms with Crippen molar-refractivity contribution in [3.8, 4) is 0 Å². The van der Waals surface area contributed by atoms with Crippen LogP contribution in [0.3, 0.4) is 0 Å². The summed E-state index contributed by atoms with van der Waals surface area (Å²) in [7, 11) is -11.9. The molecule has 0 saturated heterocycles. The second kappa shape index (κ2) is 7.76. The summed E-state index contributed by atoms with van der Waals surface area (Å²) in [6, 6.07) is 5.73. The van der Waals surface area contributed by atoms with Crippen LogP contribution in [0.4, 0.5) is 0 Å². The molecule has 0 heterocycles. The second-order valence-electron chi connectivity index (χ2n) is 3.03. The van der Waals surface area contributed by atoms with Gasteiger partial charge in [0.05, 0.1) is 0 Å². The van der Waals surface area contributed by atoms with Crippen LogP contribution in [0.1, 0.15) is 5.56 Å². The largest absolute Gasteiger partial charge is 2.00 e. The molecule has 1 aromatic rings. The topological polar surface area (TPSA) is 217 Å². The van der Waals surface area contributed by atoms with Crippen LogP contribution >= 0.6 is 15.2 Å². The van der Waals surface area contributed by atoms with E-state index < -0.39 is 25.8 Å². The van der Waals surface area contributed by atoms with Gasteiger partial charge in [0.15, 0.2) is 0 Å². The molecule has 0 aliphatic rings. The fourth-order valence-corrected chi connectivity index (χ4v) is 3.27. The van der Waals surface area contributed by atoms with E-state index in [1.165, 1.54) is 18.2 Å². The SMILES string of the molecule is [NH-]C(c1ccccc1)(P(=O)([O-])[O-])P(=O)([O-])[O-].[NH2-].[NH2-].[Pt+2]. The first-order valence-corrected chi connectivity index (χ1v) is 7.04. The summed E-state index contributed by atoms with van der Waals surface area (Å²) in [5.41, 5.74) is 6.52. The van der Waals surface area contributed by atoms with Crippen molar-refractivity contribution in [1.82, 2.24) is 0 Å². The molecule has 0 bridgehead atoms. The minimum Gasteiger partial charge on any atom is -0.811 e. The third-order valence-electron chi connectivity index (χ3n) is 1.97. The molecular formula is C7H10N3O6P2Pt-5. The third-order valence-corrected chi connectivity index (χ3v) is 5.54. The number of hydrogen-bond donors (Lipinski definition) is 0. The van der Waals surface area contributed by atoms with Gasteiger partial charge in [-0.1, -0.05) is 51.1 Å². The fraction of sp³-hybridized carbons (Fsp3) is 0.143. The van der Waals surface area contributed by atoms with E-state index in [-0.39, 0.29) is 33.4 Å². The fourth-order valence-electron chi connectivity index (χ4n) is 1.14. The Hall–Kier alpha value is 0.0883. The smallest absolute Gasteiger partial charge is 0.811 e. The molecule has 0 radical (unpaired) electrons. The normalized spacial score (nSPS) is 11.6. The van der Waals surface area contributed by atoms with Crippen molar-refractivity contribution in [2.24, 2.45) is 0 Å². The molecule has 9 nitrogen and oxygen atoms in total. The summed E-state index contributed by atoms with van der Waals surface area (Å²) in [5.74, 6) is 0. The van der Waals surface area contributed by atoms with Crippen molar-refractivity contribution in [1.29, 1.82) is 0 Å². The Morgan fingerprint density at radius 2 is 1.21 bits per heavy atom. The minimum absolute atomic E-state index is 0. The van der Waals surface area contributed by atoms with Crippen LogP contribution in [0, 0.1) is 0 Å². The molecular weight excluding hydrogens is 479 g/mol. The number of nitrogens with two attached hydrogens (primary N) is 2. The van der Waals surface area contributed by atoms with Gasteiger partial charge in [0, 0.05) is 0 Å². The van der Waals surface area contributed by atoms with Gasteiger partial charge in [-0.05, 0) is 5.02 Å². The first-order chi connectivity index (χ1) is 7.11. The molecule has 0 amide bonds. The van der Waals surface area contributed by atoms with Crippen LogP contribution in [0.2, 0.25) is 0 Å². The first-order valence-electron chi connectivity index (χ1n) is 3.95. The molecule has 0 aliphatic heterocycles. The van der Waals surface area contributed by atoms with E-state index in [4.69, 9.17) is 5.73 Å². The molecule has 0 aromatic heterocycles. The molecule has 19 heavy (non-hydrogen) atoms. The predicted molar refractivity (Wildman–Crippen MR) is 58.2 cm³/mol. The number of rotatable bonds is 3. The molecule has 0 fully saturated rings. The van der Waals surface area contributed by atoms with Gasteiger partial charge < -0.3 is 46.7 Å². The Bertz CT molecular complexity index is 453. The van der Waals surface area contributed by atoms with E-state index in [1.54, 1.807) is 0 Å². The summed E-state index contributed by atoms with van der Waals surface area (Å²) in [6.07, 6.45) is 0. The zero-order valence-corrected chi connectivity index (χ0v) is 13.3. The van der Waals surface area contributed by atoms with Gasteiger partial charge in [-0.15, -0.1) is 0 Å². The first kappa shape index (κ1) is 24.1. The monoisotopic (exact) mass is 489 g/mol. The Morgan fingerprint density at radius 3 is 1.47 bits per heavy atom. The van der Waals surface area contributed by atoms with Crippen molar-refractivity contribution < 1.29 is 49.8 Å². The zero-order chi connectivity index (χ0) is 12.6. The Balaban J connectivity index is -0.000000853. The van der Waals surface area contributed by atoms with Gasteiger partial charge >= 0.3 is 21.1 Å². The van der Waals surface area contributed by atoms with E-state index in [0.717, 1.165) is 12.1 Å². The van der Waals surface area contributed by atoms with Crippen LogP contribution in [-0.4, -0.2) is 0 Å². The molecule has 1 aromatic carbocycles. The predicted octanol–water partition coefficient (Wildman–Crippen LogP) is 0.108. The molecule has 0 spiro atoms. The Kier molecular flexibility index (Phi) is 9.86. The maximum atomic E-state index is 10.8. The van der Waals surface area contributed by atoms with Crippen molar-refractivity contribution in [3.05, 3.63) is 53.9 Å². The van der Waals surface area contributed by atoms with Gasteiger partial charge in [-0.2, -0.15) is 0 Å². The molecule has 5 N–H and O–H groups in total. The maximum absolute atomic E-state index is 10.8. The third kappa shape index (κ3) is 4.55. The van der Waals surface area contributed by atoms with E-state index in [9.17, 15) is 28.7 Å². The maximum Gasteiger partial charge on any atom is 2.00 e. The van der Waals surface area contributed by atoms with Crippen LogP contribution < -0.4 is 19.6 Å². The van der Waals surface area contributed by atoms with E-state index in [2.05, 4.69) is 0 Å². The average molecular weight is 489 g/mol. The molecule has 0 unspecified atom stereocenters. The molecule has 0 atom stereocenters. The summed E-state index contributed by atoms with van der Waals surface area (Å²) in [6.45, 7) is 0. The summed E-state index contributed by atoms with van der Waals surface area (Å²) < 4.78 is 21.6. The van der Waals surface area contributed by atoms with Crippen LogP contribution in [0.25, 0.3) is 18.0 Å². The molecule has 0 aliphatic carbocycles. The van der Waals surface area contributed by atoms with E-state index >= 15 is 0 Å². The molecule has 12 heteroatoms. The molecule has 114 valence electrons. The van der Waals surface area contributed by atoms with Crippen LogP contribution in [0.15, 0.2) is 30.3 Å². The van der Waals surface area contributed by atoms with E-state index in [0.29, 0.717) is 0 Å². The Morgan fingerprint density at radius 1 is 0.895 bits per heavy atom. The number of nitrogens with one attached hydrogen (secondary N) is 1. The molecule has 0 saturated carbocycles. The quantitative estimate of drug-likeness (QED) is 0.536. The standard InChI is InChI=1S/C7H10NO6P2.2H2N.Pt/c8-7(15(9,10)11,16(12,13)14)6-4-2-1-3-5-6;;;/h1-5,8H,(H2,9,10,11)(H2,12,13,14);2*1H2;/q3*-1;+2/p-4. The summed E-state index contributed by atoms with van der Waals surface area (Å²) >= 11 is 0. The van der Waals surface area contributed by atoms with Crippen LogP contribution in [-0.2, 0) is 35.2 Å². The summed E-state index contributed by atoms with van der Waals surface area (Å²) in [4.78, 5) is 43.3. The number of benzene rings is 1. The van der Waals surface area contributed by atoms with Crippen molar-refractivity contribution in [2.75, 3.05) is 0 Å². The average Bonchev–Trinajstić information content (AvgIpc) is 2.14. The van der Waals surface area contributed by atoms with Gasteiger partial charge in [-0.25, -0.2) is 0 Å². The number of hydrogen-bond acceptors (Lipinski definition) is 6. The van der Waals surface area contributed by atoms with Crippen LogP contribution in [0.5, 0.6) is 0 Å². The van der Waals surface area contributed by atoms with Crippen molar-refractivity contribution in [2.45, 2.75) is 5.02 Å². The minimum atomic E-state index is -5.95. The zero-order valence-electron chi connectivity index (χ0n) is 9.20.